The molecular formula is C20H17Cl2FN2O4S. The van der Waals surface area contributed by atoms with Gasteiger partial charge in [-0.25, -0.2) is 17.5 Å². The minimum absolute atomic E-state index is 0.0432. The Bertz CT molecular complexity index is 1150. The Labute approximate surface area is 183 Å². The summed E-state index contributed by atoms with van der Waals surface area (Å²) >= 11 is 12.1. The summed E-state index contributed by atoms with van der Waals surface area (Å²) in [6, 6.07) is 11.4. The number of benzene rings is 2. The van der Waals surface area contributed by atoms with Crippen LogP contribution in [0.2, 0.25) is 10.0 Å². The number of rotatable bonds is 7. The summed E-state index contributed by atoms with van der Waals surface area (Å²) in [5.41, 5.74) is 0.240. The highest BCUT2D eigenvalue weighted by Gasteiger charge is 2.22. The fourth-order valence-corrected chi connectivity index (χ4v) is 4.45. The molecule has 3 aromatic rings. The molecule has 0 aliphatic carbocycles. The highest BCUT2D eigenvalue weighted by molar-refractivity contribution is 7.89. The smallest absolute Gasteiger partial charge is 0.253 e. The van der Waals surface area contributed by atoms with Gasteiger partial charge in [0.2, 0.25) is 10.0 Å². The molecule has 0 aliphatic rings. The predicted molar refractivity (Wildman–Crippen MR) is 111 cm³/mol. The third-order valence-electron chi connectivity index (χ3n) is 4.29. The second-order valence-electron chi connectivity index (χ2n) is 6.41. The minimum Gasteiger partial charge on any atom is -0.468 e. The Morgan fingerprint density at radius 2 is 1.90 bits per heavy atom. The van der Waals surface area contributed by atoms with Gasteiger partial charge < -0.3 is 9.32 Å². The highest BCUT2D eigenvalue weighted by atomic mass is 35.5. The number of carbonyl (C=O) groups is 1. The molecule has 2 aromatic carbocycles. The van der Waals surface area contributed by atoms with E-state index in [-0.39, 0.29) is 39.2 Å². The lowest BCUT2D eigenvalue weighted by Gasteiger charge is -2.19. The Morgan fingerprint density at radius 3 is 2.57 bits per heavy atom. The molecule has 0 saturated carbocycles. The van der Waals surface area contributed by atoms with Crippen molar-refractivity contribution in [1.29, 1.82) is 0 Å². The number of furan rings is 1. The van der Waals surface area contributed by atoms with E-state index in [1.165, 1.54) is 54.6 Å². The first-order valence-electron chi connectivity index (χ1n) is 8.69. The maximum absolute atomic E-state index is 14.0. The summed E-state index contributed by atoms with van der Waals surface area (Å²) in [5.74, 6) is -0.638. The van der Waals surface area contributed by atoms with Crippen LogP contribution in [0.15, 0.2) is 64.1 Å². The monoisotopic (exact) mass is 470 g/mol. The molecule has 6 nitrogen and oxygen atoms in total. The van der Waals surface area contributed by atoms with E-state index in [4.69, 9.17) is 27.6 Å². The average Bonchev–Trinajstić information content (AvgIpc) is 3.23. The van der Waals surface area contributed by atoms with Crippen molar-refractivity contribution in [3.63, 3.8) is 0 Å². The van der Waals surface area contributed by atoms with E-state index in [1.54, 1.807) is 12.1 Å². The van der Waals surface area contributed by atoms with Crippen LogP contribution in [0.3, 0.4) is 0 Å². The van der Waals surface area contributed by atoms with Crippen LogP contribution in [0.4, 0.5) is 4.39 Å². The van der Waals surface area contributed by atoms with Gasteiger partial charge in [-0.1, -0.05) is 29.3 Å². The van der Waals surface area contributed by atoms with Gasteiger partial charge in [-0.05, 0) is 42.5 Å². The molecule has 0 saturated heterocycles. The van der Waals surface area contributed by atoms with Crippen LogP contribution in [0, 0.1) is 5.82 Å². The van der Waals surface area contributed by atoms with E-state index < -0.39 is 21.7 Å². The van der Waals surface area contributed by atoms with Crippen LogP contribution >= 0.6 is 23.2 Å². The van der Waals surface area contributed by atoms with Crippen LogP contribution in [-0.2, 0) is 23.1 Å². The van der Waals surface area contributed by atoms with Crippen molar-refractivity contribution in [2.75, 3.05) is 7.05 Å². The van der Waals surface area contributed by atoms with Gasteiger partial charge in [0, 0.05) is 29.7 Å². The number of nitrogens with one attached hydrogen (secondary N) is 1. The summed E-state index contributed by atoms with van der Waals surface area (Å²) in [4.78, 5) is 13.8. The molecule has 1 aromatic heterocycles. The van der Waals surface area contributed by atoms with Crippen molar-refractivity contribution in [3.8, 4) is 0 Å². The van der Waals surface area contributed by atoms with Crippen LogP contribution in [0.5, 0.6) is 0 Å². The van der Waals surface area contributed by atoms with Crippen LogP contribution in [0.1, 0.15) is 21.7 Å². The van der Waals surface area contributed by atoms with Crippen molar-refractivity contribution in [3.05, 3.63) is 87.5 Å². The lowest BCUT2D eigenvalue weighted by Crippen LogP contribution is -2.28. The molecule has 1 heterocycles. The largest absolute Gasteiger partial charge is 0.468 e. The van der Waals surface area contributed by atoms with Gasteiger partial charge in [-0.3, -0.25) is 4.79 Å². The molecule has 0 bridgehead atoms. The van der Waals surface area contributed by atoms with E-state index in [9.17, 15) is 17.6 Å². The summed E-state index contributed by atoms with van der Waals surface area (Å²) in [6.45, 7) is -0.165. The maximum Gasteiger partial charge on any atom is 0.253 e. The molecule has 1 N–H and O–H groups in total. The minimum atomic E-state index is -4.01. The fraction of sp³-hybridized carbons (Fsp3) is 0.150. The first kappa shape index (κ1) is 22.3. The first-order chi connectivity index (χ1) is 14.2. The molecule has 0 atom stereocenters. The number of sulfonamides is 1. The third-order valence-corrected chi connectivity index (χ3v) is 6.52. The van der Waals surface area contributed by atoms with E-state index in [0.29, 0.717) is 5.76 Å². The lowest BCUT2D eigenvalue weighted by molar-refractivity contribution is 0.0783. The molecular weight excluding hydrogens is 454 g/mol. The molecule has 10 heteroatoms. The van der Waals surface area contributed by atoms with Crippen molar-refractivity contribution < 1.29 is 22.0 Å². The van der Waals surface area contributed by atoms with Gasteiger partial charge in [0.1, 0.15) is 16.5 Å². The summed E-state index contributed by atoms with van der Waals surface area (Å²) in [6.07, 6.45) is 1.42. The number of hydrogen-bond donors (Lipinski definition) is 1. The van der Waals surface area contributed by atoms with Gasteiger partial charge in [0.15, 0.2) is 0 Å². The molecule has 3 rings (SSSR count). The van der Waals surface area contributed by atoms with Crippen molar-refractivity contribution >= 4 is 39.1 Å². The normalized spacial score (nSPS) is 11.5. The molecule has 0 radical (unpaired) electrons. The van der Waals surface area contributed by atoms with Gasteiger partial charge in [-0.2, -0.15) is 0 Å². The molecule has 0 unspecified atom stereocenters. The van der Waals surface area contributed by atoms with E-state index >= 15 is 0 Å². The number of carbonyl (C=O) groups excluding carboxylic acids is 1. The molecule has 0 aliphatic heterocycles. The highest BCUT2D eigenvalue weighted by Crippen LogP contribution is 2.25. The maximum atomic E-state index is 14.0. The zero-order valence-electron chi connectivity index (χ0n) is 15.7. The SMILES string of the molecule is CN(Cc1c(F)cccc1Cl)C(=O)c1ccc(Cl)c(S(=O)(=O)NCc2ccco2)c1. The predicted octanol–water partition coefficient (Wildman–Crippen LogP) is 4.48. The topological polar surface area (TPSA) is 79.6 Å². The van der Waals surface area contributed by atoms with E-state index in [2.05, 4.69) is 4.72 Å². The second-order valence-corrected chi connectivity index (χ2v) is 8.96. The van der Waals surface area contributed by atoms with E-state index in [1.807, 2.05) is 0 Å². The molecule has 30 heavy (non-hydrogen) atoms. The zero-order valence-corrected chi connectivity index (χ0v) is 18.1. The third kappa shape index (κ3) is 5.02. The fourth-order valence-electron chi connectivity index (χ4n) is 2.71. The number of hydrogen-bond acceptors (Lipinski definition) is 4. The van der Waals surface area contributed by atoms with Gasteiger partial charge in [0.05, 0.1) is 17.8 Å². The Kier molecular flexibility index (Phi) is 6.82. The molecule has 0 spiro atoms. The van der Waals surface area contributed by atoms with Gasteiger partial charge in [0.25, 0.3) is 5.91 Å². The Balaban J connectivity index is 1.82. The van der Waals surface area contributed by atoms with Gasteiger partial charge in [-0.15, -0.1) is 0 Å². The van der Waals surface area contributed by atoms with Crippen molar-refractivity contribution in [2.45, 2.75) is 18.0 Å². The number of halogens is 3. The van der Waals surface area contributed by atoms with Crippen molar-refractivity contribution in [2.24, 2.45) is 0 Å². The lowest BCUT2D eigenvalue weighted by atomic mass is 10.1. The standard InChI is InChI=1S/C20H17Cl2FN2O4S/c1-25(12-15-16(21)5-2-6-18(15)23)20(26)13-7-8-17(22)19(10-13)30(27,28)24-11-14-4-3-9-29-14/h2-10,24H,11-12H2,1H3. The number of nitrogens with zero attached hydrogens (tertiary/aromatic N) is 1. The summed E-state index contributed by atoms with van der Waals surface area (Å²) < 4.78 is 46.8. The summed E-state index contributed by atoms with van der Waals surface area (Å²) in [5, 5.41) is 0.148. The molecule has 158 valence electrons. The molecule has 1 amide bonds. The summed E-state index contributed by atoms with van der Waals surface area (Å²) in [7, 11) is -2.55. The van der Waals surface area contributed by atoms with Crippen molar-refractivity contribution in [1.82, 2.24) is 9.62 Å². The number of amides is 1. The van der Waals surface area contributed by atoms with E-state index in [0.717, 1.165) is 0 Å². The van der Waals surface area contributed by atoms with Crippen LogP contribution < -0.4 is 4.72 Å². The molecule has 0 fully saturated rings. The Hall–Kier alpha value is -2.39. The van der Waals surface area contributed by atoms with Crippen LogP contribution in [-0.4, -0.2) is 26.3 Å². The first-order valence-corrected chi connectivity index (χ1v) is 10.9. The second kappa shape index (κ2) is 9.18. The van der Waals surface area contributed by atoms with Crippen LogP contribution in [0.25, 0.3) is 0 Å². The Morgan fingerprint density at radius 1 is 1.13 bits per heavy atom. The van der Waals surface area contributed by atoms with Gasteiger partial charge >= 0.3 is 0 Å². The average molecular weight is 471 g/mol. The zero-order chi connectivity index (χ0) is 21.9. The quantitative estimate of drug-likeness (QED) is 0.551.